The minimum absolute atomic E-state index is 0.132. The molecule has 33 heavy (non-hydrogen) atoms. The summed E-state index contributed by atoms with van der Waals surface area (Å²) in [6.45, 7) is 6.15. The Hall–Kier alpha value is -3.88. The molecule has 2 amide bonds. The van der Waals surface area contributed by atoms with Crippen molar-refractivity contribution < 1.29 is 33.4 Å². The van der Waals surface area contributed by atoms with Crippen LogP contribution in [0.2, 0.25) is 0 Å². The molecule has 1 N–H and O–H groups in total. The van der Waals surface area contributed by atoms with E-state index in [4.69, 9.17) is 14.2 Å². The topological polar surface area (TPSA) is 111 Å². The Morgan fingerprint density at radius 2 is 1.64 bits per heavy atom. The minimum atomic E-state index is -0.764. The van der Waals surface area contributed by atoms with Gasteiger partial charge >= 0.3 is 18.0 Å². The van der Waals surface area contributed by atoms with Gasteiger partial charge in [-0.2, -0.15) is 0 Å². The van der Waals surface area contributed by atoms with Gasteiger partial charge in [0.2, 0.25) is 0 Å². The molecule has 2 rings (SSSR count). The van der Waals surface area contributed by atoms with Crippen LogP contribution >= 0.6 is 0 Å². The normalized spacial score (nSPS) is 10.7. The van der Waals surface area contributed by atoms with Crippen molar-refractivity contribution >= 4 is 35.3 Å². The highest BCUT2D eigenvalue weighted by Crippen LogP contribution is 2.16. The third-order valence-corrected chi connectivity index (χ3v) is 4.03. The summed E-state index contributed by atoms with van der Waals surface area (Å²) in [4.78, 5) is 50.3. The highest BCUT2D eigenvalue weighted by atomic mass is 16.6. The molecule has 0 atom stereocenters. The maximum atomic E-state index is 12.7. The van der Waals surface area contributed by atoms with Crippen molar-refractivity contribution in [2.75, 3.05) is 30.0 Å². The molecule has 0 aliphatic rings. The van der Waals surface area contributed by atoms with Crippen LogP contribution in [0.4, 0.5) is 16.2 Å². The zero-order valence-electron chi connectivity index (χ0n) is 19.1. The number of carbonyl (C=O) groups is 4. The Morgan fingerprint density at radius 1 is 0.939 bits per heavy atom. The van der Waals surface area contributed by atoms with Crippen LogP contribution in [0.15, 0.2) is 54.6 Å². The number of para-hydroxylation sites is 1. The van der Waals surface area contributed by atoms with Gasteiger partial charge in [0, 0.05) is 11.4 Å². The van der Waals surface area contributed by atoms with Gasteiger partial charge in [0.15, 0.2) is 6.61 Å². The molecule has 176 valence electrons. The van der Waals surface area contributed by atoms with Gasteiger partial charge in [-0.3, -0.25) is 19.8 Å². The van der Waals surface area contributed by atoms with Crippen LogP contribution in [0.5, 0.6) is 0 Å². The first kappa shape index (κ1) is 25.4. The van der Waals surface area contributed by atoms with E-state index in [2.05, 4.69) is 5.32 Å². The smallest absolute Gasteiger partial charge is 0.412 e. The monoisotopic (exact) mass is 456 g/mol. The van der Waals surface area contributed by atoms with Gasteiger partial charge in [-0.1, -0.05) is 24.3 Å². The fraction of sp³-hybridized carbons (Fsp3) is 0.333. The van der Waals surface area contributed by atoms with Gasteiger partial charge in [-0.25, -0.2) is 9.59 Å². The van der Waals surface area contributed by atoms with Crippen molar-refractivity contribution in [3.8, 4) is 0 Å². The lowest BCUT2D eigenvalue weighted by Crippen LogP contribution is -2.39. The molecule has 0 heterocycles. The molecule has 0 bridgehead atoms. The van der Waals surface area contributed by atoms with Crippen LogP contribution in [0.25, 0.3) is 0 Å². The first-order chi connectivity index (χ1) is 15.6. The van der Waals surface area contributed by atoms with E-state index in [9.17, 15) is 19.2 Å². The molecule has 0 aliphatic carbocycles. The Balaban J connectivity index is 2.03. The van der Waals surface area contributed by atoms with E-state index in [0.29, 0.717) is 11.4 Å². The SMILES string of the molecule is CCOC(=O)CN(C(=O)COC(=O)c1cccc(NC(=O)OC(C)(C)C)c1)c1ccccc1. The second-order valence-electron chi connectivity index (χ2n) is 7.90. The molecule has 0 unspecified atom stereocenters. The van der Waals surface area contributed by atoms with Crippen LogP contribution in [-0.2, 0) is 23.8 Å². The lowest BCUT2D eigenvalue weighted by Gasteiger charge is -2.21. The van der Waals surface area contributed by atoms with E-state index >= 15 is 0 Å². The fourth-order valence-corrected chi connectivity index (χ4v) is 2.70. The zero-order chi connectivity index (χ0) is 24.4. The molecule has 0 saturated heterocycles. The number of nitrogens with one attached hydrogen (secondary N) is 1. The quantitative estimate of drug-likeness (QED) is 0.475. The molecule has 0 aliphatic heterocycles. The van der Waals surface area contributed by atoms with Crippen molar-refractivity contribution in [2.45, 2.75) is 33.3 Å². The third-order valence-electron chi connectivity index (χ3n) is 4.03. The number of hydrogen-bond acceptors (Lipinski definition) is 7. The summed E-state index contributed by atoms with van der Waals surface area (Å²) in [7, 11) is 0. The number of anilines is 2. The number of benzene rings is 2. The Kier molecular flexibility index (Phi) is 8.97. The van der Waals surface area contributed by atoms with E-state index in [1.54, 1.807) is 70.2 Å². The summed E-state index contributed by atoms with van der Waals surface area (Å²) in [6, 6.07) is 14.6. The van der Waals surface area contributed by atoms with Crippen LogP contribution in [0.3, 0.4) is 0 Å². The lowest BCUT2D eigenvalue weighted by molar-refractivity contribution is -0.142. The maximum absolute atomic E-state index is 12.7. The predicted molar refractivity (Wildman–Crippen MR) is 122 cm³/mol. The van der Waals surface area contributed by atoms with E-state index < -0.39 is 36.1 Å². The summed E-state index contributed by atoms with van der Waals surface area (Å²) >= 11 is 0. The Labute approximate surface area is 192 Å². The largest absolute Gasteiger partial charge is 0.465 e. The molecular weight excluding hydrogens is 428 g/mol. The number of rotatable bonds is 8. The van der Waals surface area contributed by atoms with Gasteiger partial charge < -0.3 is 14.2 Å². The van der Waals surface area contributed by atoms with Crippen LogP contribution < -0.4 is 10.2 Å². The predicted octanol–water partition coefficient (Wildman–Crippen LogP) is 3.79. The molecule has 0 radical (unpaired) electrons. The first-order valence-electron chi connectivity index (χ1n) is 10.4. The second kappa shape index (κ2) is 11.7. The molecule has 2 aromatic rings. The average Bonchev–Trinajstić information content (AvgIpc) is 2.75. The van der Waals surface area contributed by atoms with E-state index in [1.807, 2.05) is 0 Å². The molecular formula is C24H28N2O7. The number of amides is 2. The van der Waals surface area contributed by atoms with E-state index in [-0.39, 0.29) is 18.7 Å². The summed E-state index contributed by atoms with van der Waals surface area (Å²) in [5.41, 5.74) is 0.260. The molecule has 0 saturated carbocycles. The van der Waals surface area contributed by atoms with E-state index in [1.165, 1.54) is 17.0 Å². The average molecular weight is 456 g/mol. The minimum Gasteiger partial charge on any atom is -0.465 e. The first-order valence-corrected chi connectivity index (χ1v) is 10.4. The van der Waals surface area contributed by atoms with Crippen molar-refractivity contribution in [1.29, 1.82) is 0 Å². The van der Waals surface area contributed by atoms with Crippen molar-refractivity contribution in [1.82, 2.24) is 0 Å². The fourth-order valence-electron chi connectivity index (χ4n) is 2.70. The van der Waals surface area contributed by atoms with Gasteiger partial charge in [0.05, 0.1) is 12.2 Å². The summed E-state index contributed by atoms with van der Waals surface area (Å²) in [6.07, 6.45) is -0.666. The lowest BCUT2D eigenvalue weighted by atomic mass is 10.2. The maximum Gasteiger partial charge on any atom is 0.412 e. The zero-order valence-corrected chi connectivity index (χ0v) is 19.1. The molecule has 9 heteroatoms. The van der Waals surface area contributed by atoms with Crippen molar-refractivity contribution in [2.24, 2.45) is 0 Å². The van der Waals surface area contributed by atoms with Gasteiger partial charge in [-0.05, 0) is 58.0 Å². The number of hydrogen-bond donors (Lipinski definition) is 1. The number of esters is 2. The second-order valence-corrected chi connectivity index (χ2v) is 7.90. The summed E-state index contributed by atoms with van der Waals surface area (Å²) in [5.74, 6) is -1.94. The standard InChI is InChI=1S/C24H28N2O7/c1-5-31-21(28)15-26(19-12-7-6-8-13-19)20(27)16-32-22(29)17-10-9-11-18(14-17)25-23(30)33-24(2,3)4/h6-14H,5,15-16H2,1-4H3,(H,25,30). The van der Waals surface area contributed by atoms with Gasteiger partial charge in [-0.15, -0.1) is 0 Å². The Morgan fingerprint density at radius 3 is 2.27 bits per heavy atom. The van der Waals surface area contributed by atoms with Crippen molar-refractivity contribution in [3.63, 3.8) is 0 Å². The molecule has 2 aromatic carbocycles. The van der Waals surface area contributed by atoms with E-state index in [0.717, 1.165) is 0 Å². The highest BCUT2D eigenvalue weighted by molar-refractivity contribution is 6.00. The summed E-state index contributed by atoms with van der Waals surface area (Å²) < 4.78 is 15.3. The van der Waals surface area contributed by atoms with Gasteiger partial charge in [0.1, 0.15) is 12.1 Å². The number of nitrogens with zero attached hydrogens (tertiary/aromatic N) is 1. The molecule has 9 nitrogen and oxygen atoms in total. The van der Waals surface area contributed by atoms with Crippen molar-refractivity contribution in [3.05, 3.63) is 60.2 Å². The van der Waals surface area contributed by atoms with Crippen LogP contribution in [0.1, 0.15) is 38.1 Å². The molecule has 0 spiro atoms. The van der Waals surface area contributed by atoms with Gasteiger partial charge in [0.25, 0.3) is 5.91 Å². The molecule has 0 aromatic heterocycles. The Bertz CT molecular complexity index is 984. The summed E-state index contributed by atoms with van der Waals surface area (Å²) in [5, 5.41) is 2.54. The molecule has 0 fully saturated rings. The van der Waals surface area contributed by atoms with Crippen LogP contribution in [-0.4, -0.2) is 49.3 Å². The number of ether oxygens (including phenoxy) is 3. The highest BCUT2D eigenvalue weighted by Gasteiger charge is 2.22. The third kappa shape index (κ3) is 8.64. The number of carbonyl (C=O) groups excluding carboxylic acids is 4. The van der Waals surface area contributed by atoms with Crippen LogP contribution in [0, 0.1) is 0 Å².